The molecule has 0 bridgehead atoms. The second kappa shape index (κ2) is 6.51. The van der Waals surface area contributed by atoms with Gasteiger partial charge in [-0.3, -0.25) is 0 Å². The van der Waals surface area contributed by atoms with Crippen molar-refractivity contribution in [2.24, 2.45) is 5.41 Å². The van der Waals surface area contributed by atoms with Gasteiger partial charge in [-0.1, -0.05) is 43.2 Å². The largest absolute Gasteiger partial charge is 0.497 e. The van der Waals surface area contributed by atoms with Crippen LogP contribution >= 0.6 is 0 Å². The van der Waals surface area contributed by atoms with Gasteiger partial charge in [0.1, 0.15) is 5.75 Å². The third-order valence-corrected chi connectivity index (χ3v) is 4.84. The molecule has 0 saturated heterocycles. The van der Waals surface area contributed by atoms with E-state index in [0.29, 0.717) is 5.41 Å². The first-order valence-electron chi connectivity index (χ1n) is 7.94. The van der Waals surface area contributed by atoms with E-state index in [1.54, 1.807) is 18.3 Å². The van der Waals surface area contributed by atoms with Crippen molar-refractivity contribution in [2.45, 2.75) is 53.4 Å². The monoisotopic (exact) mass is 284 g/mol. The Hall–Kier alpha value is -1.50. The number of ether oxygens (including phenoxy) is 1. The first kappa shape index (κ1) is 15.9. The zero-order valence-electron chi connectivity index (χ0n) is 14.1. The molecule has 1 aromatic rings. The summed E-state index contributed by atoms with van der Waals surface area (Å²) < 4.78 is 5.22. The van der Waals surface area contributed by atoms with Crippen LogP contribution in [0.4, 0.5) is 0 Å². The maximum absolute atomic E-state index is 5.22. The molecular weight excluding hydrogens is 256 g/mol. The van der Waals surface area contributed by atoms with Crippen LogP contribution in [0.5, 0.6) is 5.75 Å². The number of benzene rings is 1. The van der Waals surface area contributed by atoms with E-state index in [1.165, 1.54) is 30.4 Å². The van der Waals surface area contributed by atoms with E-state index in [2.05, 4.69) is 45.9 Å². The SMILES string of the molecule is COc1ccc(C(C)=CCC2=C(C)CCCC2(C)C)cc1. The van der Waals surface area contributed by atoms with Crippen molar-refractivity contribution in [3.63, 3.8) is 0 Å². The molecule has 1 aliphatic carbocycles. The summed E-state index contributed by atoms with van der Waals surface area (Å²) in [5.41, 5.74) is 6.23. The van der Waals surface area contributed by atoms with Crippen LogP contribution in [-0.4, -0.2) is 7.11 Å². The van der Waals surface area contributed by atoms with Crippen molar-refractivity contribution in [1.29, 1.82) is 0 Å². The zero-order valence-corrected chi connectivity index (χ0v) is 14.1. The molecule has 1 nitrogen and oxygen atoms in total. The summed E-state index contributed by atoms with van der Waals surface area (Å²) in [5, 5.41) is 0. The van der Waals surface area contributed by atoms with Crippen LogP contribution in [0, 0.1) is 5.41 Å². The molecule has 1 aliphatic rings. The van der Waals surface area contributed by atoms with Crippen molar-refractivity contribution >= 4 is 5.57 Å². The van der Waals surface area contributed by atoms with Crippen molar-refractivity contribution in [3.8, 4) is 5.75 Å². The first-order valence-corrected chi connectivity index (χ1v) is 7.94. The minimum atomic E-state index is 0.360. The molecule has 21 heavy (non-hydrogen) atoms. The summed E-state index contributed by atoms with van der Waals surface area (Å²) in [6.45, 7) is 9.30. The van der Waals surface area contributed by atoms with E-state index in [-0.39, 0.29) is 0 Å². The molecule has 0 saturated carbocycles. The average molecular weight is 284 g/mol. The van der Waals surface area contributed by atoms with Gasteiger partial charge in [-0.05, 0) is 68.2 Å². The Morgan fingerprint density at radius 3 is 2.48 bits per heavy atom. The van der Waals surface area contributed by atoms with Crippen LogP contribution in [0.15, 0.2) is 41.5 Å². The van der Waals surface area contributed by atoms with Crippen molar-refractivity contribution < 1.29 is 4.74 Å². The molecule has 0 spiro atoms. The first-order chi connectivity index (χ1) is 9.94. The molecule has 0 aliphatic heterocycles. The van der Waals surface area contributed by atoms with Gasteiger partial charge in [0.15, 0.2) is 0 Å². The Morgan fingerprint density at radius 1 is 1.24 bits per heavy atom. The van der Waals surface area contributed by atoms with Gasteiger partial charge in [-0.2, -0.15) is 0 Å². The molecule has 0 radical (unpaired) electrons. The van der Waals surface area contributed by atoms with Gasteiger partial charge in [0.25, 0.3) is 0 Å². The maximum Gasteiger partial charge on any atom is 0.118 e. The fourth-order valence-corrected chi connectivity index (χ4v) is 3.35. The van der Waals surface area contributed by atoms with Crippen LogP contribution in [0.2, 0.25) is 0 Å². The highest BCUT2D eigenvalue weighted by atomic mass is 16.5. The number of hydrogen-bond acceptors (Lipinski definition) is 1. The minimum absolute atomic E-state index is 0.360. The molecule has 0 aromatic heterocycles. The zero-order chi connectivity index (χ0) is 15.5. The molecule has 1 aromatic carbocycles. The predicted molar refractivity (Wildman–Crippen MR) is 91.6 cm³/mol. The maximum atomic E-state index is 5.22. The lowest BCUT2D eigenvalue weighted by Gasteiger charge is -2.34. The van der Waals surface area contributed by atoms with Gasteiger partial charge in [0.2, 0.25) is 0 Å². The lowest BCUT2D eigenvalue weighted by Crippen LogP contribution is -2.20. The Labute approximate surface area is 129 Å². The van der Waals surface area contributed by atoms with Crippen LogP contribution in [0.3, 0.4) is 0 Å². The van der Waals surface area contributed by atoms with Gasteiger partial charge < -0.3 is 4.74 Å². The summed E-state index contributed by atoms with van der Waals surface area (Å²) in [4.78, 5) is 0. The van der Waals surface area contributed by atoms with Gasteiger partial charge in [-0.25, -0.2) is 0 Å². The molecule has 0 atom stereocenters. The fourth-order valence-electron chi connectivity index (χ4n) is 3.35. The number of methoxy groups -OCH3 is 1. The summed E-state index contributed by atoms with van der Waals surface area (Å²) in [6, 6.07) is 8.33. The molecule has 2 rings (SSSR count). The van der Waals surface area contributed by atoms with Crippen molar-refractivity contribution in [1.82, 2.24) is 0 Å². The average Bonchev–Trinajstić information content (AvgIpc) is 2.46. The van der Waals surface area contributed by atoms with Gasteiger partial charge in [0, 0.05) is 0 Å². The summed E-state index contributed by atoms with van der Waals surface area (Å²) in [6.07, 6.45) is 7.39. The van der Waals surface area contributed by atoms with Crippen LogP contribution in [-0.2, 0) is 0 Å². The van der Waals surface area contributed by atoms with Crippen molar-refractivity contribution in [2.75, 3.05) is 7.11 Å². The number of rotatable bonds is 4. The lowest BCUT2D eigenvalue weighted by atomic mass is 9.71. The Kier molecular flexibility index (Phi) is 4.92. The highest BCUT2D eigenvalue weighted by Crippen LogP contribution is 2.42. The Morgan fingerprint density at radius 2 is 1.90 bits per heavy atom. The Balaban J connectivity index is 2.15. The van der Waals surface area contributed by atoms with Gasteiger partial charge in [0.05, 0.1) is 7.11 Å². The predicted octanol–water partition coefficient (Wildman–Crippen LogP) is 6.02. The molecular formula is C20H28O. The standard InChI is InChI=1S/C20H28O/c1-15(17-9-11-18(21-5)12-10-17)8-13-19-16(2)7-6-14-20(19,3)4/h8-12H,6-7,13-14H2,1-5H3. The lowest BCUT2D eigenvalue weighted by molar-refractivity contribution is 0.361. The van der Waals surface area contributed by atoms with Crippen LogP contribution in [0.1, 0.15) is 58.9 Å². The number of hydrogen-bond donors (Lipinski definition) is 0. The second-order valence-corrected chi connectivity index (χ2v) is 6.82. The summed E-state index contributed by atoms with van der Waals surface area (Å²) >= 11 is 0. The van der Waals surface area contributed by atoms with E-state index >= 15 is 0 Å². The van der Waals surface area contributed by atoms with E-state index in [0.717, 1.165) is 12.2 Å². The van der Waals surface area contributed by atoms with Crippen LogP contribution < -0.4 is 4.74 Å². The van der Waals surface area contributed by atoms with Crippen molar-refractivity contribution in [3.05, 3.63) is 47.1 Å². The highest BCUT2D eigenvalue weighted by molar-refractivity contribution is 5.64. The van der Waals surface area contributed by atoms with Gasteiger partial charge >= 0.3 is 0 Å². The normalized spacial score (nSPS) is 18.8. The molecule has 0 fully saturated rings. The number of allylic oxidation sites excluding steroid dienone is 4. The van der Waals surface area contributed by atoms with Gasteiger partial charge in [-0.15, -0.1) is 0 Å². The second-order valence-electron chi connectivity index (χ2n) is 6.82. The molecule has 0 heterocycles. The highest BCUT2D eigenvalue weighted by Gasteiger charge is 2.27. The molecule has 0 N–H and O–H groups in total. The van der Waals surface area contributed by atoms with E-state index in [9.17, 15) is 0 Å². The quantitative estimate of drug-likeness (QED) is 0.615. The van der Waals surface area contributed by atoms with Crippen LogP contribution in [0.25, 0.3) is 5.57 Å². The third-order valence-electron chi connectivity index (χ3n) is 4.84. The topological polar surface area (TPSA) is 9.23 Å². The molecule has 114 valence electrons. The summed E-state index contributed by atoms with van der Waals surface area (Å²) in [5.74, 6) is 0.915. The smallest absolute Gasteiger partial charge is 0.118 e. The Bertz CT molecular complexity index is 544. The fraction of sp³-hybridized carbons (Fsp3) is 0.500. The molecule has 0 unspecified atom stereocenters. The molecule has 0 amide bonds. The molecule has 1 heteroatoms. The summed E-state index contributed by atoms with van der Waals surface area (Å²) in [7, 11) is 1.71. The van der Waals surface area contributed by atoms with E-state index < -0.39 is 0 Å². The van der Waals surface area contributed by atoms with E-state index in [4.69, 9.17) is 4.74 Å². The van der Waals surface area contributed by atoms with E-state index in [1.807, 2.05) is 12.1 Å². The minimum Gasteiger partial charge on any atom is -0.497 e. The third kappa shape index (κ3) is 3.78.